The molecular weight excluding hydrogens is 374 g/mol. The van der Waals surface area contributed by atoms with Gasteiger partial charge in [-0.15, -0.1) is 0 Å². The summed E-state index contributed by atoms with van der Waals surface area (Å²) in [5, 5.41) is 6.81. The van der Waals surface area contributed by atoms with Crippen molar-refractivity contribution < 1.29 is 4.79 Å². The summed E-state index contributed by atoms with van der Waals surface area (Å²) in [6.45, 7) is 4.28. The van der Waals surface area contributed by atoms with E-state index in [1.54, 1.807) is 14.1 Å². The van der Waals surface area contributed by atoms with Gasteiger partial charge < -0.3 is 20.4 Å². The molecule has 0 aliphatic carbocycles. The number of benzene rings is 2. The zero-order valence-corrected chi connectivity index (χ0v) is 17.0. The molecule has 2 aromatic carbocycles. The lowest BCUT2D eigenvalue weighted by Crippen LogP contribution is -2.52. The second kappa shape index (κ2) is 9.46. The lowest BCUT2D eigenvalue weighted by Gasteiger charge is -2.37. The molecule has 1 aliphatic rings. The monoisotopic (exact) mass is 399 g/mol. The first-order valence-electron chi connectivity index (χ1n) is 9.38. The molecule has 7 heteroatoms. The third-order valence-electron chi connectivity index (χ3n) is 4.86. The number of hydrogen-bond donors (Lipinski definition) is 2. The van der Waals surface area contributed by atoms with Crippen LogP contribution in [0, 0.1) is 0 Å². The van der Waals surface area contributed by atoms with Crippen molar-refractivity contribution in [1.82, 2.24) is 15.5 Å². The summed E-state index contributed by atoms with van der Waals surface area (Å²) >= 11 is 6.11. The zero-order chi connectivity index (χ0) is 19.9. The first-order chi connectivity index (χ1) is 13.6. The Morgan fingerprint density at radius 1 is 1.11 bits per heavy atom. The van der Waals surface area contributed by atoms with Gasteiger partial charge in [-0.05, 0) is 35.9 Å². The average molecular weight is 400 g/mol. The Balaban J connectivity index is 1.53. The number of halogens is 1. The number of hydrogen-bond acceptors (Lipinski definition) is 3. The van der Waals surface area contributed by atoms with Gasteiger partial charge in [-0.3, -0.25) is 9.79 Å². The van der Waals surface area contributed by atoms with Crippen LogP contribution in [0.25, 0.3) is 0 Å². The Labute approximate surface area is 171 Å². The van der Waals surface area contributed by atoms with Crippen LogP contribution >= 0.6 is 11.6 Å². The van der Waals surface area contributed by atoms with Gasteiger partial charge in [-0.25, -0.2) is 0 Å². The largest absolute Gasteiger partial charge is 0.368 e. The first-order valence-corrected chi connectivity index (χ1v) is 9.75. The number of rotatable bonds is 4. The summed E-state index contributed by atoms with van der Waals surface area (Å²) in [5.41, 5.74) is 2.92. The normalized spacial score (nSPS) is 14.8. The van der Waals surface area contributed by atoms with Crippen molar-refractivity contribution in [1.29, 1.82) is 0 Å². The molecule has 1 saturated heterocycles. The Morgan fingerprint density at radius 3 is 2.43 bits per heavy atom. The third-order valence-corrected chi connectivity index (χ3v) is 5.09. The van der Waals surface area contributed by atoms with Gasteiger partial charge in [-0.2, -0.15) is 0 Å². The first kappa shape index (κ1) is 20.0. The maximum Gasteiger partial charge on any atom is 0.251 e. The Kier molecular flexibility index (Phi) is 6.76. The quantitative estimate of drug-likeness (QED) is 0.613. The van der Waals surface area contributed by atoms with E-state index in [-0.39, 0.29) is 5.91 Å². The van der Waals surface area contributed by atoms with Crippen LogP contribution in [0.3, 0.4) is 0 Å². The number of carbonyl (C=O) groups is 1. The highest BCUT2D eigenvalue weighted by Crippen LogP contribution is 2.20. The minimum absolute atomic E-state index is 0.0760. The van der Waals surface area contributed by atoms with Crippen LogP contribution in [-0.2, 0) is 6.54 Å². The highest BCUT2D eigenvalue weighted by molar-refractivity contribution is 6.30. The molecule has 0 unspecified atom stereocenters. The van der Waals surface area contributed by atoms with E-state index in [0.29, 0.717) is 12.1 Å². The molecule has 0 spiro atoms. The molecule has 0 aromatic heterocycles. The fourth-order valence-corrected chi connectivity index (χ4v) is 3.47. The fourth-order valence-electron chi connectivity index (χ4n) is 3.28. The molecule has 148 valence electrons. The number of anilines is 1. The molecule has 28 heavy (non-hydrogen) atoms. The number of nitrogens with one attached hydrogen (secondary N) is 2. The van der Waals surface area contributed by atoms with Gasteiger partial charge in [0.1, 0.15) is 0 Å². The highest BCUT2D eigenvalue weighted by Gasteiger charge is 2.20. The molecule has 1 amide bonds. The van der Waals surface area contributed by atoms with Crippen molar-refractivity contribution in [3.05, 3.63) is 64.7 Å². The van der Waals surface area contributed by atoms with Gasteiger partial charge in [0.15, 0.2) is 5.96 Å². The molecule has 1 fully saturated rings. The van der Waals surface area contributed by atoms with Crippen molar-refractivity contribution in [3.8, 4) is 0 Å². The third kappa shape index (κ3) is 4.95. The van der Waals surface area contributed by atoms with Crippen LogP contribution in [0.15, 0.2) is 53.5 Å². The lowest BCUT2D eigenvalue weighted by atomic mass is 10.1. The van der Waals surface area contributed by atoms with E-state index < -0.39 is 0 Å². The summed E-state index contributed by atoms with van der Waals surface area (Å²) in [4.78, 5) is 20.7. The van der Waals surface area contributed by atoms with Gasteiger partial charge in [0.2, 0.25) is 0 Å². The van der Waals surface area contributed by atoms with E-state index in [1.165, 1.54) is 0 Å². The standard InChI is InChI=1S/C21H26ClN5O/c1-23-20(28)17-8-6-16(7-9-17)15-25-21(24-2)27-12-10-26(11-13-27)19-5-3-4-18(22)14-19/h3-9,14H,10-13,15H2,1-2H3,(H,23,28)(H,24,25). The number of piperazine rings is 1. The smallest absolute Gasteiger partial charge is 0.251 e. The number of nitrogens with zero attached hydrogens (tertiary/aromatic N) is 3. The summed E-state index contributed by atoms with van der Waals surface area (Å²) in [7, 11) is 3.44. The number of amides is 1. The molecule has 2 N–H and O–H groups in total. The van der Waals surface area contributed by atoms with Crippen molar-refractivity contribution >= 4 is 29.2 Å². The number of aliphatic imine (C=N–C) groups is 1. The van der Waals surface area contributed by atoms with E-state index in [4.69, 9.17) is 11.6 Å². The van der Waals surface area contributed by atoms with Crippen LogP contribution in [0.1, 0.15) is 15.9 Å². The van der Waals surface area contributed by atoms with E-state index in [2.05, 4.69) is 31.5 Å². The topological polar surface area (TPSA) is 60.0 Å². The lowest BCUT2D eigenvalue weighted by molar-refractivity contribution is 0.0963. The maximum absolute atomic E-state index is 11.6. The Hall–Kier alpha value is -2.73. The SMILES string of the molecule is CN=C(NCc1ccc(C(=O)NC)cc1)N1CCN(c2cccc(Cl)c2)CC1. The van der Waals surface area contributed by atoms with Crippen LogP contribution in [0.5, 0.6) is 0 Å². The Morgan fingerprint density at radius 2 is 1.82 bits per heavy atom. The van der Waals surface area contributed by atoms with E-state index in [0.717, 1.165) is 48.4 Å². The number of carbonyl (C=O) groups excluding carboxylic acids is 1. The van der Waals surface area contributed by atoms with E-state index >= 15 is 0 Å². The average Bonchev–Trinajstić information content (AvgIpc) is 2.74. The van der Waals surface area contributed by atoms with Gasteiger partial charge in [0.25, 0.3) is 5.91 Å². The Bertz CT molecular complexity index is 829. The summed E-state index contributed by atoms with van der Waals surface area (Å²) in [6.07, 6.45) is 0. The van der Waals surface area contributed by atoms with Crippen molar-refractivity contribution in [2.24, 2.45) is 4.99 Å². The van der Waals surface area contributed by atoms with E-state index in [9.17, 15) is 4.79 Å². The van der Waals surface area contributed by atoms with Crippen molar-refractivity contribution in [2.45, 2.75) is 6.54 Å². The predicted molar refractivity (Wildman–Crippen MR) is 115 cm³/mol. The minimum Gasteiger partial charge on any atom is -0.368 e. The van der Waals surface area contributed by atoms with Crippen LogP contribution in [0.4, 0.5) is 5.69 Å². The molecule has 6 nitrogen and oxygen atoms in total. The molecule has 3 rings (SSSR count). The molecular formula is C21H26ClN5O. The fraction of sp³-hybridized carbons (Fsp3) is 0.333. The zero-order valence-electron chi connectivity index (χ0n) is 16.3. The second-order valence-corrected chi connectivity index (χ2v) is 7.07. The summed E-state index contributed by atoms with van der Waals surface area (Å²) in [6, 6.07) is 15.6. The molecule has 0 saturated carbocycles. The maximum atomic E-state index is 11.6. The molecule has 0 bridgehead atoms. The minimum atomic E-state index is -0.0760. The summed E-state index contributed by atoms with van der Waals surface area (Å²) < 4.78 is 0. The van der Waals surface area contributed by atoms with Gasteiger partial charge in [0, 0.05) is 63.1 Å². The second-order valence-electron chi connectivity index (χ2n) is 6.63. The summed E-state index contributed by atoms with van der Waals surface area (Å²) in [5.74, 6) is 0.814. The molecule has 2 aromatic rings. The molecule has 0 atom stereocenters. The molecule has 1 heterocycles. The predicted octanol–water partition coefficient (Wildman–Crippen LogP) is 2.60. The van der Waals surface area contributed by atoms with Crippen LogP contribution < -0.4 is 15.5 Å². The molecule has 1 aliphatic heterocycles. The van der Waals surface area contributed by atoms with Gasteiger partial charge in [0.05, 0.1) is 0 Å². The molecule has 0 radical (unpaired) electrons. The van der Waals surface area contributed by atoms with Crippen LogP contribution in [-0.4, -0.2) is 57.0 Å². The highest BCUT2D eigenvalue weighted by atomic mass is 35.5. The van der Waals surface area contributed by atoms with Gasteiger partial charge >= 0.3 is 0 Å². The van der Waals surface area contributed by atoms with Crippen LogP contribution in [0.2, 0.25) is 5.02 Å². The van der Waals surface area contributed by atoms with Gasteiger partial charge in [-0.1, -0.05) is 29.8 Å². The van der Waals surface area contributed by atoms with Crippen molar-refractivity contribution in [2.75, 3.05) is 45.2 Å². The van der Waals surface area contributed by atoms with Crippen molar-refractivity contribution in [3.63, 3.8) is 0 Å². The van der Waals surface area contributed by atoms with E-state index in [1.807, 2.05) is 42.5 Å². The number of guanidine groups is 1.